The number of aromatic nitrogens is 2. The summed E-state index contributed by atoms with van der Waals surface area (Å²) in [4.78, 5) is 25.5. The zero-order chi connectivity index (χ0) is 40.3. The highest BCUT2D eigenvalue weighted by Crippen LogP contribution is 2.44. The largest absolute Gasteiger partial charge is 0.373 e. The first-order chi connectivity index (χ1) is 25.5. The van der Waals surface area contributed by atoms with Crippen molar-refractivity contribution in [1.82, 2.24) is 19.9 Å². The summed E-state index contributed by atoms with van der Waals surface area (Å²) in [6, 6.07) is 18.0. The van der Waals surface area contributed by atoms with Crippen molar-refractivity contribution in [3.63, 3.8) is 0 Å². The molecule has 1 fully saturated rings. The second-order valence-corrected chi connectivity index (χ2v) is 21.9. The molecule has 0 saturated heterocycles. The normalized spacial score (nSPS) is 15.7. The number of carbonyl (C=O) groups excluding carboxylic acids is 2. The molecule has 1 aliphatic carbocycles. The fourth-order valence-corrected chi connectivity index (χ4v) is 15.2. The van der Waals surface area contributed by atoms with Gasteiger partial charge in [-0.15, -0.1) is 0 Å². The fourth-order valence-electron chi connectivity index (χ4n) is 8.24. The molecule has 1 aliphatic rings. The highest BCUT2D eigenvalue weighted by atomic mass is 127. The van der Waals surface area contributed by atoms with E-state index in [0.29, 0.717) is 45.0 Å². The molecule has 54 heavy (non-hydrogen) atoms. The molecule has 5 aromatic rings. The molecule has 6 nitrogen and oxygen atoms in total. The van der Waals surface area contributed by atoms with Crippen LogP contribution in [0.15, 0.2) is 73.1 Å². The number of H-pyrrole nitrogens is 1. The van der Waals surface area contributed by atoms with Crippen molar-refractivity contribution in [2.45, 2.75) is 110 Å². The molecular formula is C43H58F3IN4O2Si. The number of benzene rings is 3. The van der Waals surface area contributed by atoms with Gasteiger partial charge in [-0.05, 0) is 147 Å². The van der Waals surface area contributed by atoms with Crippen LogP contribution in [0.25, 0.3) is 21.8 Å². The Morgan fingerprint density at radius 3 is 1.65 bits per heavy atom. The minimum Gasteiger partial charge on any atom is -0.373 e. The zero-order valence-electron chi connectivity index (χ0n) is 33.4. The Morgan fingerprint density at radius 2 is 1.20 bits per heavy atom. The van der Waals surface area contributed by atoms with E-state index in [2.05, 4.69) is 98.1 Å². The quantitative estimate of drug-likeness (QED) is 0.0824. The maximum atomic E-state index is 14.7. The van der Waals surface area contributed by atoms with Crippen molar-refractivity contribution in [1.29, 1.82) is 0 Å². The van der Waals surface area contributed by atoms with Gasteiger partial charge in [-0.3, -0.25) is 9.59 Å². The molecule has 294 valence electrons. The van der Waals surface area contributed by atoms with Crippen LogP contribution in [-0.2, 0) is 0 Å². The summed E-state index contributed by atoms with van der Waals surface area (Å²) in [5, 5.41) is 7.72. The van der Waals surface area contributed by atoms with E-state index < -0.39 is 14.1 Å². The number of halogens is 4. The monoisotopic (exact) mass is 874 g/mol. The summed E-state index contributed by atoms with van der Waals surface area (Å²) in [5.74, 6) is -1.47. The number of carbonyl (C=O) groups is 2. The molecule has 0 aliphatic heterocycles. The van der Waals surface area contributed by atoms with E-state index in [4.69, 9.17) is 0 Å². The molecule has 0 spiro atoms. The fraction of sp³-hybridized carbons (Fsp3) is 0.442. The minimum atomic E-state index is -1.92. The number of hydrogen-bond donors (Lipinski definition) is 3. The van der Waals surface area contributed by atoms with E-state index in [9.17, 15) is 22.8 Å². The molecule has 0 amide bonds. The van der Waals surface area contributed by atoms with Gasteiger partial charge in [-0.25, -0.2) is 13.2 Å². The summed E-state index contributed by atoms with van der Waals surface area (Å²) in [6.45, 7) is 16.5. The predicted molar refractivity (Wildman–Crippen MR) is 230 cm³/mol. The number of ketones is 2. The lowest BCUT2D eigenvalue weighted by atomic mass is 9.91. The lowest BCUT2D eigenvalue weighted by molar-refractivity contribution is 0.100. The van der Waals surface area contributed by atoms with Crippen molar-refractivity contribution in [3.8, 4) is 0 Å². The Bertz CT molecular complexity index is 1920. The molecule has 3 aromatic carbocycles. The predicted octanol–water partition coefficient (Wildman–Crippen LogP) is 11.7. The van der Waals surface area contributed by atoms with Crippen LogP contribution in [0.1, 0.15) is 102 Å². The first-order valence-corrected chi connectivity index (χ1v) is 22.1. The number of hydrogen-bond acceptors (Lipinski definition) is 4. The van der Waals surface area contributed by atoms with E-state index in [0.717, 1.165) is 9.09 Å². The highest BCUT2D eigenvalue weighted by Gasteiger charge is 2.45. The summed E-state index contributed by atoms with van der Waals surface area (Å²) in [7, 11) is 2.19. The molecule has 2 heterocycles. The molecule has 0 unspecified atom stereocenters. The van der Waals surface area contributed by atoms with Crippen LogP contribution in [-0.4, -0.2) is 55.2 Å². The van der Waals surface area contributed by atoms with E-state index in [1.54, 1.807) is 36.5 Å². The molecule has 6 rings (SSSR count). The van der Waals surface area contributed by atoms with Crippen molar-refractivity contribution >= 4 is 64.2 Å². The van der Waals surface area contributed by atoms with Crippen LogP contribution in [0.4, 0.5) is 13.2 Å². The van der Waals surface area contributed by atoms with Crippen LogP contribution in [0, 0.1) is 21.0 Å². The number of nitrogens with one attached hydrogen (secondary N) is 3. The van der Waals surface area contributed by atoms with Gasteiger partial charge in [0.1, 0.15) is 17.5 Å². The van der Waals surface area contributed by atoms with Crippen LogP contribution >= 0.6 is 22.6 Å². The molecule has 0 radical (unpaired) electrons. The first-order valence-electron chi connectivity index (χ1n) is 18.9. The van der Waals surface area contributed by atoms with E-state index in [-0.39, 0.29) is 34.3 Å². The van der Waals surface area contributed by atoms with Crippen molar-refractivity contribution in [3.05, 3.63) is 105 Å². The molecule has 1 saturated carbocycles. The van der Waals surface area contributed by atoms with Gasteiger partial charge in [0.2, 0.25) is 0 Å². The Hall–Kier alpha value is -3.26. The summed E-state index contributed by atoms with van der Waals surface area (Å²) < 4.78 is 43.7. The van der Waals surface area contributed by atoms with Crippen molar-refractivity contribution < 1.29 is 22.8 Å². The lowest BCUT2D eigenvalue weighted by Crippen LogP contribution is -2.51. The topological polar surface area (TPSA) is 78.9 Å². The minimum absolute atomic E-state index is 0.145. The summed E-state index contributed by atoms with van der Waals surface area (Å²) in [5.41, 5.74) is 3.57. The Balaban J connectivity index is 0.000000212. The Labute approximate surface area is 334 Å². The smallest absolute Gasteiger partial charge is 0.169 e. The van der Waals surface area contributed by atoms with E-state index in [1.807, 2.05) is 18.3 Å². The molecular weight excluding hydrogens is 816 g/mol. The molecule has 2 aromatic heterocycles. The number of nitrogens with zero attached hydrogens (tertiary/aromatic N) is 1. The van der Waals surface area contributed by atoms with Crippen LogP contribution in [0.5, 0.6) is 0 Å². The highest BCUT2D eigenvalue weighted by molar-refractivity contribution is 14.1. The number of aromatic amines is 1. The van der Waals surface area contributed by atoms with Gasteiger partial charge in [-0.2, -0.15) is 0 Å². The summed E-state index contributed by atoms with van der Waals surface area (Å²) >= 11 is 2.13. The van der Waals surface area contributed by atoms with Crippen LogP contribution in [0.3, 0.4) is 0 Å². The number of fused-ring (bicyclic) bond motifs is 2. The average Bonchev–Trinajstić information content (AvgIpc) is 3.79. The first kappa shape index (κ1) is 45.1. The third kappa shape index (κ3) is 10.5. The maximum absolute atomic E-state index is 14.7. The zero-order valence-corrected chi connectivity index (χ0v) is 36.6. The van der Waals surface area contributed by atoms with Crippen LogP contribution < -0.4 is 10.6 Å². The van der Waals surface area contributed by atoms with E-state index in [1.165, 1.54) is 57.7 Å². The molecule has 3 N–H and O–H groups in total. The number of rotatable bonds is 8. The second-order valence-electron chi connectivity index (χ2n) is 14.9. The maximum Gasteiger partial charge on any atom is 0.169 e. The molecule has 11 heteroatoms. The average molecular weight is 875 g/mol. The van der Waals surface area contributed by atoms with Gasteiger partial charge in [0, 0.05) is 43.7 Å². The van der Waals surface area contributed by atoms with Crippen molar-refractivity contribution in [2.75, 3.05) is 14.1 Å². The lowest BCUT2D eigenvalue weighted by Gasteiger charge is -2.44. The van der Waals surface area contributed by atoms with E-state index >= 15 is 0 Å². The van der Waals surface area contributed by atoms with Gasteiger partial charge >= 0.3 is 0 Å². The van der Waals surface area contributed by atoms with Gasteiger partial charge in [0.15, 0.2) is 19.8 Å². The van der Waals surface area contributed by atoms with Gasteiger partial charge < -0.3 is 19.9 Å². The third-order valence-corrected chi connectivity index (χ3v) is 18.2. The van der Waals surface area contributed by atoms with Gasteiger partial charge in [0.05, 0.1) is 11.1 Å². The van der Waals surface area contributed by atoms with Crippen LogP contribution in [0.2, 0.25) is 16.6 Å². The van der Waals surface area contributed by atoms with Crippen molar-refractivity contribution in [2.24, 2.45) is 0 Å². The van der Waals surface area contributed by atoms with Gasteiger partial charge in [-0.1, -0.05) is 54.4 Å². The second kappa shape index (κ2) is 20.6. The van der Waals surface area contributed by atoms with Gasteiger partial charge in [0.25, 0.3) is 0 Å². The summed E-state index contributed by atoms with van der Waals surface area (Å²) in [6.07, 6.45) is 9.15. The molecule has 2 atom stereocenters. The number of likely N-dealkylation sites (N-methyl/N-ethyl adjacent to an activating group) is 2. The Morgan fingerprint density at radius 1 is 0.722 bits per heavy atom. The number of Topliss-reactive ketones (excluding diaryl/α,β-unsaturated/α-hetero) is 2. The standard InChI is InChI=1S/C19H28FNOSi.C10H8FNO.C8H18N2.C6H4FI/c1-12(2)23(13(3)4,14(5)6)21-11-10-17-18(21)9-8-16(15(7)22)19(17)20;1-6(13)7-2-3-9-8(10(7)11)4-5-12-9;1-9-7-5-3-4-6-8(7)10-2;7-5-1-3-6(8)4-2-5/h8-14H,1-7H3;2-5,12H,1H3;7-10H,3-6H2,1-2H3;1-4H/t;;7-,8-;/m..0./s1. The SMILES string of the molecule is CC(=O)c1ccc2[nH]ccc2c1F.CC(=O)c1ccc2c(ccn2[Si](C(C)C)(C(C)C)C(C)C)c1F.CN[C@H]1CCCC[C@@H]1NC.Fc1ccc(I)cc1. The third-order valence-electron chi connectivity index (χ3n) is 10.7. The molecule has 0 bridgehead atoms. The Kier molecular flexibility index (Phi) is 17.2.